The largest absolute Gasteiger partial charge is 0.474 e. The number of phosphoric ester groups is 1. The van der Waals surface area contributed by atoms with Gasteiger partial charge in [0, 0.05) is 14.2 Å². The molecule has 0 fully saturated rings. The number of hydrogen-bond acceptors (Lipinski definition) is 4. The van der Waals surface area contributed by atoms with Crippen LogP contribution in [0.3, 0.4) is 0 Å². The number of phosphoric acid groups is 1. The molecule has 0 aromatic carbocycles. The zero-order chi connectivity index (χ0) is 21.5. The molecule has 0 radical (unpaired) electrons. The zero-order valence-corrected chi connectivity index (χ0v) is 20.6. The van der Waals surface area contributed by atoms with Crippen molar-refractivity contribution >= 4 is 7.82 Å². The van der Waals surface area contributed by atoms with Crippen molar-refractivity contribution in [3.05, 3.63) is 12.2 Å². The van der Waals surface area contributed by atoms with Crippen molar-refractivity contribution in [1.29, 1.82) is 0 Å². The van der Waals surface area contributed by atoms with Crippen molar-refractivity contribution in [3.63, 3.8) is 0 Å². The summed E-state index contributed by atoms with van der Waals surface area (Å²) in [6.45, 7) is 2.71. The van der Waals surface area contributed by atoms with Gasteiger partial charge in [0.1, 0.15) is 0 Å². The second kappa shape index (κ2) is 22.5. The van der Waals surface area contributed by atoms with Crippen LogP contribution in [-0.2, 0) is 18.1 Å². The Bertz CT molecular complexity index is 390. The van der Waals surface area contributed by atoms with Crippen LogP contribution in [0.2, 0.25) is 0 Å². The van der Waals surface area contributed by atoms with Gasteiger partial charge in [-0.1, -0.05) is 103 Å². The van der Waals surface area contributed by atoms with Crippen LogP contribution < -0.4 is 0 Å². The predicted octanol–water partition coefficient (Wildman–Crippen LogP) is 9.00. The van der Waals surface area contributed by atoms with Crippen LogP contribution >= 0.6 is 7.82 Å². The fraction of sp³-hybridized carbons (Fsp3) is 0.917. The summed E-state index contributed by atoms with van der Waals surface area (Å²) in [4.78, 5) is 0. The molecular formula is C24H49O4P. The maximum atomic E-state index is 11.7. The van der Waals surface area contributed by atoms with Crippen LogP contribution in [-0.4, -0.2) is 20.8 Å². The molecule has 0 N–H and O–H groups in total. The molecule has 0 bridgehead atoms. The molecule has 0 rings (SSSR count). The lowest BCUT2D eigenvalue weighted by atomic mass is 10.1. The minimum atomic E-state index is -3.28. The van der Waals surface area contributed by atoms with Crippen LogP contribution in [0.1, 0.15) is 122 Å². The third-order valence-electron chi connectivity index (χ3n) is 5.35. The normalized spacial score (nSPS) is 12.2. The quantitative estimate of drug-likeness (QED) is 0.0917. The van der Waals surface area contributed by atoms with Gasteiger partial charge in [0.25, 0.3) is 0 Å². The third-order valence-corrected chi connectivity index (χ3v) is 6.75. The third kappa shape index (κ3) is 20.9. The molecule has 0 heterocycles. The molecule has 0 aromatic rings. The first-order chi connectivity index (χ1) is 14.2. The molecule has 5 heteroatoms. The molecule has 29 heavy (non-hydrogen) atoms. The van der Waals surface area contributed by atoms with E-state index in [4.69, 9.17) is 13.6 Å². The van der Waals surface area contributed by atoms with E-state index < -0.39 is 7.82 Å². The Morgan fingerprint density at radius 1 is 0.586 bits per heavy atom. The second-order valence-corrected chi connectivity index (χ2v) is 9.88. The van der Waals surface area contributed by atoms with E-state index in [1.807, 2.05) is 0 Å². The van der Waals surface area contributed by atoms with Crippen molar-refractivity contribution < 1.29 is 18.1 Å². The van der Waals surface area contributed by atoms with Crippen LogP contribution in [0.5, 0.6) is 0 Å². The summed E-state index contributed by atoms with van der Waals surface area (Å²) in [7, 11) is -0.589. The smallest absolute Gasteiger partial charge is 0.290 e. The van der Waals surface area contributed by atoms with E-state index >= 15 is 0 Å². The van der Waals surface area contributed by atoms with Crippen LogP contribution in [0.15, 0.2) is 12.2 Å². The Labute approximate surface area is 181 Å². The van der Waals surface area contributed by atoms with Gasteiger partial charge in [-0.25, -0.2) is 4.57 Å². The molecule has 174 valence electrons. The lowest BCUT2D eigenvalue weighted by Crippen LogP contribution is -1.97. The number of allylic oxidation sites excluding steroid dienone is 2. The topological polar surface area (TPSA) is 44.8 Å². The van der Waals surface area contributed by atoms with Crippen LogP contribution in [0.25, 0.3) is 0 Å². The van der Waals surface area contributed by atoms with E-state index in [1.165, 1.54) is 117 Å². The van der Waals surface area contributed by atoms with E-state index in [1.54, 1.807) is 0 Å². The highest BCUT2D eigenvalue weighted by molar-refractivity contribution is 7.48. The Kier molecular flexibility index (Phi) is 22.4. The van der Waals surface area contributed by atoms with Crippen molar-refractivity contribution in [3.8, 4) is 0 Å². The van der Waals surface area contributed by atoms with Gasteiger partial charge in [0.05, 0.1) is 6.61 Å². The maximum absolute atomic E-state index is 11.7. The first kappa shape index (κ1) is 28.9. The van der Waals surface area contributed by atoms with Crippen molar-refractivity contribution in [1.82, 2.24) is 0 Å². The molecule has 0 aliphatic heterocycles. The molecule has 0 saturated carbocycles. The highest BCUT2D eigenvalue weighted by atomic mass is 31.2. The molecule has 0 amide bonds. The van der Waals surface area contributed by atoms with Gasteiger partial charge < -0.3 is 0 Å². The van der Waals surface area contributed by atoms with Gasteiger partial charge in [-0.05, 0) is 32.1 Å². The fourth-order valence-corrected chi connectivity index (χ4v) is 4.13. The van der Waals surface area contributed by atoms with Gasteiger partial charge in [-0.2, -0.15) is 0 Å². The first-order valence-corrected chi connectivity index (χ1v) is 13.7. The molecular weight excluding hydrogens is 383 g/mol. The van der Waals surface area contributed by atoms with E-state index in [2.05, 4.69) is 19.1 Å². The molecule has 0 aliphatic rings. The molecule has 0 atom stereocenters. The lowest BCUT2D eigenvalue weighted by Gasteiger charge is -2.12. The Balaban J connectivity index is 3.18. The maximum Gasteiger partial charge on any atom is 0.474 e. The van der Waals surface area contributed by atoms with Crippen molar-refractivity contribution in [2.75, 3.05) is 20.8 Å². The summed E-state index contributed by atoms with van der Waals surface area (Å²) in [5.41, 5.74) is 0. The SMILES string of the molecule is CCCCCCCC/C=C\CCCCCCCCCCCCOP(=O)(OC)OC. The number of unbranched alkanes of at least 4 members (excludes halogenated alkanes) is 16. The average Bonchev–Trinajstić information content (AvgIpc) is 2.74. The zero-order valence-electron chi connectivity index (χ0n) is 19.7. The lowest BCUT2D eigenvalue weighted by molar-refractivity contribution is 0.150. The molecule has 0 aromatic heterocycles. The van der Waals surface area contributed by atoms with E-state index in [9.17, 15) is 4.57 Å². The fourth-order valence-electron chi connectivity index (χ4n) is 3.41. The Morgan fingerprint density at radius 2 is 0.966 bits per heavy atom. The van der Waals surface area contributed by atoms with Gasteiger partial charge in [0.15, 0.2) is 0 Å². The number of hydrogen-bond donors (Lipinski definition) is 0. The molecule has 0 spiro atoms. The highest BCUT2D eigenvalue weighted by Gasteiger charge is 2.21. The first-order valence-electron chi connectivity index (χ1n) is 12.2. The molecule has 0 unspecified atom stereocenters. The Hall–Kier alpha value is -0.150. The molecule has 0 saturated heterocycles. The minimum Gasteiger partial charge on any atom is -0.290 e. The summed E-state index contributed by atoms with van der Waals surface area (Å²) in [5.74, 6) is 0. The minimum absolute atomic E-state index is 0.437. The van der Waals surface area contributed by atoms with Crippen molar-refractivity contribution in [2.24, 2.45) is 0 Å². The van der Waals surface area contributed by atoms with E-state index in [-0.39, 0.29) is 0 Å². The average molecular weight is 433 g/mol. The van der Waals surface area contributed by atoms with Crippen LogP contribution in [0, 0.1) is 0 Å². The number of rotatable bonds is 23. The Morgan fingerprint density at radius 3 is 1.38 bits per heavy atom. The van der Waals surface area contributed by atoms with Gasteiger partial charge in [-0.15, -0.1) is 0 Å². The van der Waals surface area contributed by atoms with Gasteiger partial charge in [-0.3, -0.25) is 13.6 Å². The molecule has 0 aliphatic carbocycles. The standard InChI is InChI=1S/C24H49O4P/c1-4-5-6-7-8-9-10-11-12-13-14-15-16-17-18-19-20-21-22-23-24-28-29(25,26-2)27-3/h11-12H,4-10,13-24H2,1-3H3/b12-11-. The van der Waals surface area contributed by atoms with Crippen molar-refractivity contribution in [2.45, 2.75) is 122 Å². The predicted molar refractivity (Wildman–Crippen MR) is 125 cm³/mol. The van der Waals surface area contributed by atoms with Gasteiger partial charge in [0.2, 0.25) is 0 Å². The molecule has 4 nitrogen and oxygen atoms in total. The summed E-state index contributed by atoms with van der Waals surface area (Å²) >= 11 is 0. The van der Waals surface area contributed by atoms with Crippen LogP contribution in [0.4, 0.5) is 0 Å². The van der Waals surface area contributed by atoms with Gasteiger partial charge >= 0.3 is 7.82 Å². The second-order valence-electron chi connectivity index (χ2n) is 8.00. The monoisotopic (exact) mass is 432 g/mol. The van der Waals surface area contributed by atoms with E-state index in [0.717, 1.165) is 12.8 Å². The summed E-state index contributed by atoms with van der Waals surface area (Å²) in [6, 6.07) is 0. The van der Waals surface area contributed by atoms with E-state index in [0.29, 0.717) is 6.61 Å². The summed E-state index contributed by atoms with van der Waals surface area (Å²) in [5, 5.41) is 0. The summed E-state index contributed by atoms with van der Waals surface area (Å²) < 4.78 is 26.3. The summed E-state index contributed by atoms with van der Waals surface area (Å²) in [6.07, 6.45) is 28.4. The highest BCUT2D eigenvalue weighted by Crippen LogP contribution is 2.47.